The summed E-state index contributed by atoms with van der Waals surface area (Å²) in [6.45, 7) is 0.943. The summed E-state index contributed by atoms with van der Waals surface area (Å²) in [6, 6.07) is 16.7. The fourth-order valence-corrected chi connectivity index (χ4v) is 3.24. The topological polar surface area (TPSA) is 69.7 Å². The second-order valence-corrected chi connectivity index (χ2v) is 7.20. The first kappa shape index (κ1) is 18.8. The molecule has 0 fully saturated rings. The summed E-state index contributed by atoms with van der Waals surface area (Å²) in [5.41, 5.74) is 6.25. The van der Waals surface area contributed by atoms with Crippen molar-refractivity contribution in [2.45, 2.75) is 6.54 Å². The van der Waals surface area contributed by atoms with Crippen LogP contribution in [0.3, 0.4) is 0 Å². The number of nitrogens with one attached hydrogen (secondary N) is 2. The third kappa shape index (κ3) is 4.33. The van der Waals surface area contributed by atoms with Crippen LogP contribution in [0.25, 0.3) is 34.3 Å². The predicted molar refractivity (Wildman–Crippen MR) is 119 cm³/mol. The van der Waals surface area contributed by atoms with E-state index in [9.17, 15) is 0 Å². The second kappa shape index (κ2) is 8.24. The molecule has 4 aromatic rings. The molecule has 0 aliphatic carbocycles. The van der Waals surface area contributed by atoms with E-state index in [2.05, 4.69) is 93.0 Å². The van der Waals surface area contributed by atoms with Crippen molar-refractivity contribution in [3.8, 4) is 11.3 Å². The second-order valence-electron chi connectivity index (χ2n) is 7.20. The summed E-state index contributed by atoms with van der Waals surface area (Å²) in [5, 5.41) is 11.7. The average molecular weight is 384 g/mol. The minimum atomic E-state index is 0.604. The van der Waals surface area contributed by atoms with Crippen molar-refractivity contribution in [3.05, 3.63) is 71.5 Å². The normalized spacial score (nSPS) is 11.6. The number of aromatic amines is 1. The zero-order chi connectivity index (χ0) is 20.2. The zero-order valence-electron chi connectivity index (χ0n) is 16.8. The highest BCUT2D eigenvalue weighted by atomic mass is 15.1. The van der Waals surface area contributed by atoms with E-state index in [4.69, 9.17) is 0 Å². The first-order valence-corrected chi connectivity index (χ1v) is 9.53. The molecule has 0 saturated heterocycles. The van der Waals surface area contributed by atoms with Gasteiger partial charge in [-0.25, -0.2) is 9.97 Å². The Kier molecular flexibility index (Phi) is 5.35. The van der Waals surface area contributed by atoms with Crippen LogP contribution in [0.15, 0.2) is 54.7 Å². The predicted octanol–water partition coefficient (Wildman–Crippen LogP) is 4.29. The number of H-pyrrole nitrogens is 1. The first-order valence-electron chi connectivity index (χ1n) is 9.53. The number of aromatic nitrogens is 4. The highest BCUT2D eigenvalue weighted by molar-refractivity contribution is 5.91. The minimum absolute atomic E-state index is 0.604. The van der Waals surface area contributed by atoms with E-state index in [1.54, 1.807) is 6.20 Å². The summed E-state index contributed by atoms with van der Waals surface area (Å²) >= 11 is 0. The lowest BCUT2D eigenvalue weighted by atomic mass is 10.1. The van der Waals surface area contributed by atoms with Gasteiger partial charge in [-0.1, -0.05) is 36.4 Å². The summed E-state index contributed by atoms with van der Waals surface area (Å²) in [6.07, 6.45) is 5.89. The Morgan fingerprint density at radius 2 is 1.86 bits per heavy atom. The van der Waals surface area contributed by atoms with Crippen LogP contribution >= 0.6 is 0 Å². The van der Waals surface area contributed by atoms with Crippen molar-refractivity contribution >= 4 is 29.0 Å². The molecule has 2 aromatic heterocycles. The van der Waals surface area contributed by atoms with Gasteiger partial charge in [0.15, 0.2) is 0 Å². The SMILES string of the molecule is CNc1nccc(-c2ccc3c(C=Cc4ccc(CN(C)C)cc4)n[nH]c3c2)n1. The van der Waals surface area contributed by atoms with Crippen molar-refractivity contribution in [1.29, 1.82) is 0 Å². The minimum Gasteiger partial charge on any atom is -0.357 e. The van der Waals surface area contributed by atoms with Gasteiger partial charge in [-0.2, -0.15) is 5.10 Å². The van der Waals surface area contributed by atoms with Crippen molar-refractivity contribution < 1.29 is 0 Å². The third-order valence-electron chi connectivity index (χ3n) is 4.68. The lowest BCUT2D eigenvalue weighted by Gasteiger charge is -2.09. The van der Waals surface area contributed by atoms with Crippen LogP contribution in [0.4, 0.5) is 5.95 Å². The number of fused-ring (bicyclic) bond motifs is 1. The van der Waals surface area contributed by atoms with E-state index in [1.807, 2.05) is 19.2 Å². The van der Waals surface area contributed by atoms with Gasteiger partial charge in [0.1, 0.15) is 0 Å². The number of hydrogen-bond donors (Lipinski definition) is 2. The Hall–Kier alpha value is -3.51. The number of hydrogen-bond acceptors (Lipinski definition) is 5. The molecular weight excluding hydrogens is 360 g/mol. The summed E-state index contributed by atoms with van der Waals surface area (Å²) in [7, 11) is 5.96. The van der Waals surface area contributed by atoms with Crippen LogP contribution in [-0.2, 0) is 6.54 Å². The molecule has 29 heavy (non-hydrogen) atoms. The molecule has 6 nitrogen and oxygen atoms in total. The van der Waals surface area contributed by atoms with Gasteiger partial charge in [0.25, 0.3) is 0 Å². The molecule has 0 bridgehead atoms. The molecule has 4 rings (SSSR count). The van der Waals surface area contributed by atoms with Crippen LogP contribution in [0.2, 0.25) is 0 Å². The standard InChI is InChI=1S/C23H24N6/c1-24-23-25-13-12-20(26-23)18-9-10-19-21(27-28-22(19)14-18)11-8-16-4-6-17(7-5-16)15-29(2)3/h4-14H,15H2,1-3H3,(H,27,28)(H,24,25,26). The largest absolute Gasteiger partial charge is 0.357 e. The highest BCUT2D eigenvalue weighted by Gasteiger charge is 2.07. The maximum Gasteiger partial charge on any atom is 0.222 e. The number of anilines is 1. The molecule has 0 aliphatic rings. The highest BCUT2D eigenvalue weighted by Crippen LogP contribution is 2.25. The Morgan fingerprint density at radius 1 is 1.03 bits per heavy atom. The Labute approximate surface area is 170 Å². The Bertz CT molecular complexity index is 1140. The van der Waals surface area contributed by atoms with Crippen molar-refractivity contribution in [3.63, 3.8) is 0 Å². The molecule has 0 radical (unpaired) electrons. The molecule has 0 unspecified atom stereocenters. The summed E-state index contributed by atoms with van der Waals surface area (Å²) < 4.78 is 0. The van der Waals surface area contributed by atoms with Gasteiger partial charge in [0, 0.05) is 30.7 Å². The van der Waals surface area contributed by atoms with Crippen LogP contribution in [-0.4, -0.2) is 46.2 Å². The Balaban J connectivity index is 1.56. The maximum atomic E-state index is 4.50. The van der Waals surface area contributed by atoms with Crippen LogP contribution in [0.1, 0.15) is 16.8 Å². The molecule has 0 spiro atoms. The van der Waals surface area contributed by atoms with E-state index in [-0.39, 0.29) is 0 Å². The number of nitrogens with zero attached hydrogens (tertiary/aromatic N) is 4. The van der Waals surface area contributed by atoms with Gasteiger partial charge in [-0.15, -0.1) is 0 Å². The van der Waals surface area contributed by atoms with Gasteiger partial charge < -0.3 is 10.2 Å². The maximum absolute atomic E-state index is 4.50. The van der Waals surface area contributed by atoms with Gasteiger partial charge in [0.05, 0.1) is 16.9 Å². The van der Waals surface area contributed by atoms with Crippen LogP contribution in [0.5, 0.6) is 0 Å². The molecule has 0 aliphatic heterocycles. The monoisotopic (exact) mass is 384 g/mol. The lowest BCUT2D eigenvalue weighted by molar-refractivity contribution is 0.402. The lowest BCUT2D eigenvalue weighted by Crippen LogP contribution is -2.10. The van der Waals surface area contributed by atoms with E-state index in [0.29, 0.717) is 5.95 Å². The molecule has 6 heteroatoms. The van der Waals surface area contributed by atoms with E-state index < -0.39 is 0 Å². The molecule has 2 heterocycles. The first-order chi connectivity index (χ1) is 14.1. The van der Waals surface area contributed by atoms with E-state index in [0.717, 1.165) is 40.0 Å². The Morgan fingerprint density at radius 3 is 2.62 bits per heavy atom. The van der Waals surface area contributed by atoms with E-state index >= 15 is 0 Å². The smallest absolute Gasteiger partial charge is 0.222 e. The molecule has 2 aromatic carbocycles. The molecule has 0 atom stereocenters. The third-order valence-corrected chi connectivity index (χ3v) is 4.68. The number of benzene rings is 2. The fourth-order valence-electron chi connectivity index (χ4n) is 3.24. The average Bonchev–Trinajstić information content (AvgIpc) is 3.15. The summed E-state index contributed by atoms with van der Waals surface area (Å²) in [5.74, 6) is 0.604. The summed E-state index contributed by atoms with van der Waals surface area (Å²) in [4.78, 5) is 10.8. The molecule has 146 valence electrons. The molecule has 2 N–H and O–H groups in total. The van der Waals surface area contributed by atoms with Crippen molar-refractivity contribution in [1.82, 2.24) is 25.1 Å². The van der Waals surface area contributed by atoms with Gasteiger partial charge >= 0.3 is 0 Å². The zero-order valence-corrected chi connectivity index (χ0v) is 16.8. The van der Waals surface area contributed by atoms with Gasteiger partial charge in [-0.3, -0.25) is 5.10 Å². The molecule has 0 amide bonds. The van der Waals surface area contributed by atoms with Crippen molar-refractivity contribution in [2.75, 3.05) is 26.5 Å². The quantitative estimate of drug-likeness (QED) is 0.519. The molecule has 0 saturated carbocycles. The van der Waals surface area contributed by atoms with E-state index in [1.165, 1.54) is 5.56 Å². The fraction of sp³-hybridized carbons (Fsp3) is 0.174. The van der Waals surface area contributed by atoms with Crippen LogP contribution in [0, 0.1) is 0 Å². The van der Waals surface area contributed by atoms with Gasteiger partial charge in [-0.05, 0) is 49.5 Å². The molecular formula is C23H24N6. The van der Waals surface area contributed by atoms with Gasteiger partial charge in [0.2, 0.25) is 5.95 Å². The number of rotatable bonds is 6. The van der Waals surface area contributed by atoms with Crippen molar-refractivity contribution in [2.24, 2.45) is 0 Å². The van der Waals surface area contributed by atoms with Crippen LogP contribution < -0.4 is 5.32 Å².